The first-order valence-corrected chi connectivity index (χ1v) is 7.10. The van der Waals surface area contributed by atoms with Crippen molar-refractivity contribution in [3.8, 4) is 5.75 Å². The molecule has 0 unspecified atom stereocenters. The number of rotatable bonds is 3. The number of hydrogen-bond donors (Lipinski definition) is 1. The molecule has 3 aromatic rings. The van der Waals surface area contributed by atoms with Crippen molar-refractivity contribution in [3.05, 3.63) is 71.1 Å². The van der Waals surface area contributed by atoms with Gasteiger partial charge < -0.3 is 5.11 Å². The largest absolute Gasteiger partial charge is 0.506 e. The van der Waals surface area contributed by atoms with Gasteiger partial charge in [-0.15, -0.1) is 11.3 Å². The van der Waals surface area contributed by atoms with E-state index < -0.39 is 0 Å². The number of allylic oxidation sites excluding steroid dienone is 1. The van der Waals surface area contributed by atoms with E-state index >= 15 is 0 Å². The summed E-state index contributed by atoms with van der Waals surface area (Å²) in [6, 6.07) is 15.0. The quantitative estimate of drug-likeness (QED) is 0.566. The number of thiophene rings is 1. The molecule has 0 radical (unpaired) electrons. The van der Waals surface area contributed by atoms with E-state index in [1.807, 2.05) is 47.8 Å². The van der Waals surface area contributed by atoms with Gasteiger partial charge in [-0.1, -0.05) is 36.4 Å². The van der Waals surface area contributed by atoms with E-state index in [0.29, 0.717) is 5.56 Å². The topological polar surface area (TPSA) is 37.3 Å². The molecule has 20 heavy (non-hydrogen) atoms. The summed E-state index contributed by atoms with van der Waals surface area (Å²) < 4.78 is 0.978. The number of carbonyl (C=O) groups excluding carboxylic acids is 1. The van der Waals surface area contributed by atoms with Crippen LogP contribution in [0.5, 0.6) is 5.75 Å². The summed E-state index contributed by atoms with van der Waals surface area (Å²) in [7, 11) is 0. The Morgan fingerprint density at radius 2 is 1.85 bits per heavy atom. The lowest BCUT2D eigenvalue weighted by atomic mass is 10.1. The highest BCUT2D eigenvalue weighted by Gasteiger charge is 2.11. The molecule has 0 fully saturated rings. The molecule has 2 nitrogen and oxygen atoms in total. The normalized spacial score (nSPS) is 11.2. The second-order valence-corrected chi connectivity index (χ2v) is 5.35. The van der Waals surface area contributed by atoms with Crippen molar-refractivity contribution in [3.63, 3.8) is 0 Å². The molecule has 0 spiro atoms. The Morgan fingerprint density at radius 3 is 2.65 bits per heavy atom. The van der Waals surface area contributed by atoms with Crippen LogP contribution >= 0.6 is 11.3 Å². The predicted molar refractivity (Wildman–Crippen MR) is 83.3 cm³/mol. The molecule has 0 aliphatic heterocycles. The van der Waals surface area contributed by atoms with Gasteiger partial charge in [-0.25, -0.2) is 0 Å². The van der Waals surface area contributed by atoms with E-state index in [4.69, 9.17) is 0 Å². The van der Waals surface area contributed by atoms with Crippen LogP contribution in [0.25, 0.3) is 16.2 Å². The molecule has 1 heterocycles. The molecule has 0 aliphatic carbocycles. The first-order chi connectivity index (χ1) is 9.75. The van der Waals surface area contributed by atoms with Crippen LogP contribution in [0.2, 0.25) is 0 Å². The lowest BCUT2D eigenvalue weighted by Gasteiger charge is -2.02. The highest BCUT2D eigenvalue weighted by molar-refractivity contribution is 7.17. The number of hydrogen-bond acceptors (Lipinski definition) is 3. The second-order valence-electron chi connectivity index (χ2n) is 4.40. The SMILES string of the molecule is O=C(/C=C/c1ccccc1)c1ccc2sccc2c1O. The predicted octanol–water partition coefficient (Wildman–Crippen LogP) is 4.50. The fraction of sp³-hybridized carbons (Fsp3) is 0. The van der Waals surface area contributed by atoms with E-state index in [0.717, 1.165) is 15.6 Å². The van der Waals surface area contributed by atoms with Crippen molar-refractivity contribution in [2.24, 2.45) is 0 Å². The summed E-state index contributed by atoms with van der Waals surface area (Å²) in [5, 5.41) is 12.8. The third-order valence-corrected chi connectivity index (χ3v) is 3.98. The molecule has 0 amide bonds. The number of carbonyl (C=O) groups is 1. The third kappa shape index (κ3) is 2.36. The Labute approximate surface area is 120 Å². The maximum Gasteiger partial charge on any atom is 0.189 e. The van der Waals surface area contributed by atoms with E-state index in [2.05, 4.69) is 0 Å². The Morgan fingerprint density at radius 1 is 1.05 bits per heavy atom. The van der Waals surface area contributed by atoms with E-state index in [9.17, 15) is 9.90 Å². The Balaban J connectivity index is 1.93. The molecule has 3 heteroatoms. The summed E-state index contributed by atoms with van der Waals surface area (Å²) in [6.45, 7) is 0. The summed E-state index contributed by atoms with van der Waals surface area (Å²) in [4.78, 5) is 12.2. The van der Waals surface area contributed by atoms with Crippen molar-refractivity contribution in [2.45, 2.75) is 0 Å². The molecular weight excluding hydrogens is 268 g/mol. The van der Waals surface area contributed by atoms with Gasteiger partial charge in [-0.3, -0.25) is 4.79 Å². The van der Waals surface area contributed by atoms with Crippen LogP contribution in [0, 0.1) is 0 Å². The zero-order valence-electron chi connectivity index (χ0n) is 10.6. The zero-order valence-corrected chi connectivity index (χ0v) is 11.4. The van der Waals surface area contributed by atoms with Crippen LogP contribution in [0.3, 0.4) is 0 Å². The third-order valence-electron chi connectivity index (χ3n) is 3.10. The molecule has 1 aromatic heterocycles. The molecule has 0 bridgehead atoms. The molecule has 0 aliphatic rings. The van der Waals surface area contributed by atoms with Crippen molar-refractivity contribution in [1.29, 1.82) is 0 Å². The molecule has 1 N–H and O–H groups in total. The van der Waals surface area contributed by atoms with Gasteiger partial charge in [0.2, 0.25) is 0 Å². The standard InChI is InChI=1S/C17H12O2S/c18-15(8-6-12-4-2-1-3-5-12)13-7-9-16-14(17(13)19)10-11-20-16/h1-11,19H/b8-6+. The van der Waals surface area contributed by atoms with Gasteiger partial charge in [0, 0.05) is 10.1 Å². The minimum atomic E-state index is -0.195. The monoisotopic (exact) mass is 280 g/mol. The first kappa shape index (κ1) is 12.6. The van der Waals surface area contributed by atoms with Gasteiger partial charge in [0.15, 0.2) is 5.78 Å². The lowest BCUT2D eigenvalue weighted by molar-refractivity contribution is 0.104. The number of aromatic hydroxyl groups is 1. The smallest absolute Gasteiger partial charge is 0.189 e. The van der Waals surface area contributed by atoms with Gasteiger partial charge in [-0.2, -0.15) is 0 Å². The maximum absolute atomic E-state index is 12.2. The Hall–Kier alpha value is -2.39. The molecular formula is C17H12O2S. The first-order valence-electron chi connectivity index (χ1n) is 6.22. The van der Waals surface area contributed by atoms with Gasteiger partial charge in [0.05, 0.1) is 5.56 Å². The molecule has 3 rings (SSSR count). The number of fused-ring (bicyclic) bond motifs is 1. The van der Waals surface area contributed by atoms with E-state index in [-0.39, 0.29) is 11.5 Å². The van der Waals surface area contributed by atoms with E-state index in [1.165, 1.54) is 6.08 Å². The Kier molecular flexibility index (Phi) is 3.35. The average molecular weight is 280 g/mol. The van der Waals surface area contributed by atoms with Crippen molar-refractivity contribution < 1.29 is 9.90 Å². The van der Waals surface area contributed by atoms with Crippen molar-refractivity contribution >= 4 is 33.3 Å². The lowest BCUT2D eigenvalue weighted by Crippen LogP contribution is -1.94. The molecule has 0 saturated heterocycles. The number of phenols is 1. The van der Waals surface area contributed by atoms with Crippen LogP contribution < -0.4 is 0 Å². The molecule has 0 saturated carbocycles. The van der Waals surface area contributed by atoms with Crippen LogP contribution in [0.1, 0.15) is 15.9 Å². The fourth-order valence-electron chi connectivity index (χ4n) is 2.05. The van der Waals surface area contributed by atoms with Gasteiger partial charge in [0.1, 0.15) is 5.75 Å². The van der Waals surface area contributed by atoms with Crippen molar-refractivity contribution in [1.82, 2.24) is 0 Å². The minimum absolute atomic E-state index is 0.0615. The van der Waals surface area contributed by atoms with Crippen molar-refractivity contribution in [2.75, 3.05) is 0 Å². The fourth-order valence-corrected chi connectivity index (χ4v) is 2.84. The van der Waals surface area contributed by atoms with Gasteiger partial charge in [-0.05, 0) is 35.2 Å². The van der Waals surface area contributed by atoms with Crippen LogP contribution in [0.4, 0.5) is 0 Å². The van der Waals surface area contributed by atoms with Gasteiger partial charge in [0.25, 0.3) is 0 Å². The summed E-state index contributed by atoms with van der Waals surface area (Å²) in [5.41, 5.74) is 1.29. The molecule has 2 aromatic carbocycles. The highest BCUT2D eigenvalue weighted by Crippen LogP contribution is 2.32. The van der Waals surface area contributed by atoms with Gasteiger partial charge >= 0.3 is 0 Å². The molecule has 0 atom stereocenters. The van der Waals surface area contributed by atoms with Crippen LogP contribution in [0.15, 0.2) is 60.0 Å². The van der Waals surface area contributed by atoms with Crippen LogP contribution in [-0.4, -0.2) is 10.9 Å². The summed E-state index contributed by atoms with van der Waals surface area (Å²) >= 11 is 1.54. The maximum atomic E-state index is 12.2. The zero-order chi connectivity index (χ0) is 13.9. The average Bonchev–Trinajstić information content (AvgIpc) is 2.96. The summed E-state index contributed by atoms with van der Waals surface area (Å²) in [6.07, 6.45) is 3.24. The molecule has 98 valence electrons. The van der Waals surface area contributed by atoms with Crippen LogP contribution in [-0.2, 0) is 0 Å². The number of ketones is 1. The number of benzene rings is 2. The second kappa shape index (κ2) is 5.31. The highest BCUT2D eigenvalue weighted by atomic mass is 32.1. The minimum Gasteiger partial charge on any atom is -0.506 e. The summed E-state index contributed by atoms with van der Waals surface area (Å²) in [5.74, 6) is -0.133. The number of phenolic OH excluding ortho intramolecular Hbond substituents is 1. The van der Waals surface area contributed by atoms with E-state index in [1.54, 1.807) is 23.5 Å². The Bertz CT molecular complexity index is 785.